The monoisotopic (exact) mass is 266 g/mol. The second kappa shape index (κ2) is 5.06. The molecule has 2 aliphatic heterocycles. The molecule has 3 fully saturated rings. The van der Waals surface area contributed by atoms with E-state index in [9.17, 15) is 4.79 Å². The number of amides is 1. The van der Waals surface area contributed by atoms with Crippen LogP contribution in [0.3, 0.4) is 0 Å². The third-order valence-electron chi connectivity index (χ3n) is 4.78. The van der Waals surface area contributed by atoms with Gasteiger partial charge in [0.2, 0.25) is 5.91 Å². The van der Waals surface area contributed by atoms with E-state index in [1.807, 2.05) is 0 Å². The lowest BCUT2D eigenvalue weighted by atomic mass is 10.1. The van der Waals surface area contributed by atoms with Crippen molar-refractivity contribution in [1.82, 2.24) is 10.2 Å². The van der Waals surface area contributed by atoms with Crippen LogP contribution in [0.25, 0.3) is 0 Å². The van der Waals surface area contributed by atoms with Gasteiger partial charge in [-0.1, -0.05) is 13.8 Å². The Morgan fingerprint density at radius 3 is 2.79 bits per heavy atom. The van der Waals surface area contributed by atoms with Crippen LogP contribution in [0.1, 0.15) is 52.4 Å². The number of carbonyl (C=O) groups excluding carboxylic acids is 1. The maximum absolute atomic E-state index is 12.5. The number of ether oxygens (including phenoxy) is 1. The average Bonchev–Trinajstić information content (AvgIpc) is 3.13. The molecule has 3 aliphatic rings. The molecule has 108 valence electrons. The average molecular weight is 266 g/mol. The molecule has 1 saturated carbocycles. The Morgan fingerprint density at radius 1 is 1.42 bits per heavy atom. The Hall–Kier alpha value is -0.610. The van der Waals surface area contributed by atoms with Crippen LogP contribution in [0.5, 0.6) is 0 Å². The van der Waals surface area contributed by atoms with Gasteiger partial charge in [-0.2, -0.15) is 0 Å². The zero-order chi connectivity index (χ0) is 13.5. The molecule has 4 nitrogen and oxygen atoms in total. The van der Waals surface area contributed by atoms with Crippen LogP contribution >= 0.6 is 0 Å². The van der Waals surface area contributed by atoms with Gasteiger partial charge in [0, 0.05) is 13.2 Å². The summed E-state index contributed by atoms with van der Waals surface area (Å²) in [4.78, 5) is 14.6. The van der Waals surface area contributed by atoms with Crippen LogP contribution in [-0.2, 0) is 9.53 Å². The molecule has 2 saturated heterocycles. The predicted molar refractivity (Wildman–Crippen MR) is 73.6 cm³/mol. The van der Waals surface area contributed by atoms with E-state index in [4.69, 9.17) is 4.74 Å². The topological polar surface area (TPSA) is 41.6 Å². The fraction of sp³-hybridized carbons (Fsp3) is 0.933. The molecule has 0 radical (unpaired) electrons. The first kappa shape index (κ1) is 13.4. The minimum absolute atomic E-state index is 0.178. The summed E-state index contributed by atoms with van der Waals surface area (Å²) in [6, 6.07) is 0. The van der Waals surface area contributed by atoms with Crippen molar-refractivity contribution in [3.63, 3.8) is 0 Å². The lowest BCUT2D eigenvalue weighted by molar-refractivity contribution is -0.131. The van der Waals surface area contributed by atoms with E-state index in [0.717, 1.165) is 38.8 Å². The van der Waals surface area contributed by atoms with Gasteiger partial charge < -0.3 is 9.64 Å². The molecule has 2 unspecified atom stereocenters. The fourth-order valence-corrected chi connectivity index (χ4v) is 3.39. The number of rotatable bonds is 4. The van der Waals surface area contributed by atoms with Gasteiger partial charge in [0.05, 0.1) is 17.8 Å². The first-order valence-electron chi connectivity index (χ1n) is 7.83. The molecule has 2 heterocycles. The molecular weight excluding hydrogens is 240 g/mol. The van der Waals surface area contributed by atoms with Crippen LogP contribution < -0.4 is 5.32 Å². The predicted octanol–water partition coefficient (Wildman–Crippen LogP) is 1.89. The third-order valence-corrected chi connectivity index (χ3v) is 4.78. The standard InChI is InChI=1S/C15H26N2O2/c1-11(2)13-16-15(7-8-15)14(18)17(13)9-6-12-5-3-4-10-19-12/h11-13,16H,3-10H2,1-2H3. The maximum atomic E-state index is 12.5. The molecule has 2 atom stereocenters. The van der Waals surface area contributed by atoms with Crippen molar-refractivity contribution in [2.24, 2.45) is 5.92 Å². The Kier molecular flexibility index (Phi) is 3.56. The molecule has 1 aliphatic carbocycles. The van der Waals surface area contributed by atoms with E-state index in [1.165, 1.54) is 12.8 Å². The SMILES string of the molecule is CC(C)C1NC2(CC2)C(=O)N1CCC1CCCCO1. The minimum atomic E-state index is -0.178. The Labute approximate surface area is 115 Å². The highest BCUT2D eigenvalue weighted by Gasteiger charge is 2.59. The first-order chi connectivity index (χ1) is 9.12. The van der Waals surface area contributed by atoms with Gasteiger partial charge in [0.25, 0.3) is 0 Å². The Bertz CT molecular complexity index is 346. The summed E-state index contributed by atoms with van der Waals surface area (Å²) in [7, 11) is 0. The first-order valence-corrected chi connectivity index (χ1v) is 7.83. The van der Waals surface area contributed by atoms with Crippen molar-refractivity contribution in [3.05, 3.63) is 0 Å². The second-order valence-electron chi connectivity index (χ2n) is 6.69. The molecule has 0 aromatic carbocycles. The van der Waals surface area contributed by atoms with Gasteiger partial charge >= 0.3 is 0 Å². The van der Waals surface area contributed by atoms with Crippen LogP contribution in [0.15, 0.2) is 0 Å². The normalized spacial score (nSPS) is 33.4. The molecule has 0 aromatic heterocycles. The van der Waals surface area contributed by atoms with Gasteiger partial charge in [-0.3, -0.25) is 10.1 Å². The van der Waals surface area contributed by atoms with Crippen molar-refractivity contribution in [2.45, 2.75) is 70.2 Å². The minimum Gasteiger partial charge on any atom is -0.378 e. The van der Waals surface area contributed by atoms with Crippen LogP contribution in [0, 0.1) is 5.92 Å². The van der Waals surface area contributed by atoms with Crippen molar-refractivity contribution >= 4 is 5.91 Å². The van der Waals surface area contributed by atoms with Gasteiger partial charge in [0.15, 0.2) is 0 Å². The van der Waals surface area contributed by atoms with E-state index >= 15 is 0 Å². The maximum Gasteiger partial charge on any atom is 0.244 e. The van der Waals surface area contributed by atoms with Gasteiger partial charge in [-0.25, -0.2) is 0 Å². The molecule has 4 heteroatoms. The van der Waals surface area contributed by atoms with E-state index in [1.54, 1.807) is 0 Å². The van der Waals surface area contributed by atoms with Crippen LogP contribution in [0.4, 0.5) is 0 Å². The summed E-state index contributed by atoms with van der Waals surface area (Å²) >= 11 is 0. The van der Waals surface area contributed by atoms with E-state index in [0.29, 0.717) is 17.9 Å². The summed E-state index contributed by atoms with van der Waals surface area (Å²) in [5, 5.41) is 3.56. The second-order valence-corrected chi connectivity index (χ2v) is 6.69. The van der Waals surface area contributed by atoms with Gasteiger partial charge in [0.1, 0.15) is 0 Å². The van der Waals surface area contributed by atoms with Gasteiger partial charge in [-0.15, -0.1) is 0 Å². The summed E-state index contributed by atoms with van der Waals surface area (Å²) in [5.41, 5.74) is -0.178. The zero-order valence-electron chi connectivity index (χ0n) is 12.2. The van der Waals surface area contributed by atoms with E-state index < -0.39 is 0 Å². The lowest BCUT2D eigenvalue weighted by Gasteiger charge is -2.30. The Morgan fingerprint density at radius 2 is 2.21 bits per heavy atom. The number of hydrogen-bond acceptors (Lipinski definition) is 3. The van der Waals surface area contributed by atoms with Crippen molar-refractivity contribution < 1.29 is 9.53 Å². The molecule has 0 aromatic rings. The number of nitrogens with zero attached hydrogens (tertiary/aromatic N) is 1. The highest BCUT2D eigenvalue weighted by molar-refractivity contribution is 5.91. The fourth-order valence-electron chi connectivity index (χ4n) is 3.39. The van der Waals surface area contributed by atoms with E-state index in [-0.39, 0.29) is 11.7 Å². The molecule has 19 heavy (non-hydrogen) atoms. The summed E-state index contributed by atoms with van der Waals surface area (Å²) in [5.74, 6) is 0.804. The highest BCUT2D eigenvalue weighted by atomic mass is 16.5. The van der Waals surface area contributed by atoms with E-state index in [2.05, 4.69) is 24.1 Å². The quantitative estimate of drug-likeness (QED) is 0.845. The smallest absolute Gasteiger partial charge is 0.244 e. The van der Waals surface area contributed by atoms with Crippen molar-refractivity contribution in [1.29, 1.82) is 0 Å². The molecule has 1 amide bonds. The summed E-state index contributed by atoms with van der Waals surface area (Å²) in [6.07, 6.45) is 7.24. The Balaban J connectivity index is 1.59. The van der Waals surface area contributed by atoms with Crippen LogP contribution in [0.2, 0.25) is 0 Å². The summed E-state index contributed by atoms with van der Waals surface area (Å²) in [6.45, 7) is 6.13. The molecular formula is C15H26N2O2. The number of hydrogen-bond donors (Lipinski definition) is 1. The molecule has 0 bridgehead atoms. The number of nitrogens with one attached hydrogen (secondary N) is 1. The van der Waals surface area contributed by atoms with Crippen molar-refractivity contribution in [3.8, 4) is 0 Å². The zero-order valence-corrected chi connectivity index (χ0v) is 12.2. The lowest BCUT2D eigenvalue weighted by Crippen LogP contribution is -2.43. The highest BCUT2D eigenvalue weighted by Crippen LogP contribution is 2.43. The molecule has 3 rings (SSSR count). The largest absolute Gasteiger partial charge is 0.378 e. The third kappa shape index (κ3) is 2.52. The van der Waals surface area contributed by atoms with Crippen LogP contribution in [-0.4, -0.2) is 41.8 Å². The molecule has 1 spiro atoms. The number of carbonyl (C=O) groups is 1. The summed E-state index contributed by atoms with van der Waals surface area (Å²) < 4.78 is 5.78. The van der Waals surface area contributed by atoms with Crippen molar-refractivity contribution in [2.75, 3.05) is 13.2 Å². The van der Waals surface area contributed by atoms with Gasteiger partial charge in [-0.05, 0) is 44.4 Å². The molecule has 1 N–H and O–H groups in total.